The Morgan fingerprint density at radius 3 is 2.27 bits per heavy atom. The maximum absolute atomic E-state index is 13.2. The van der Waals surface area contributed by atoms with Gasteiger partial charge in [-0.2, -0.15) is 13.2 Å². The van der Waals surface area contributed by atoms with Gasteiger partial charge in [0.1, 0.15) is 0 Å². The summed E-state index contributed by atoms with van der Waals surface area (Å²) in [6.07, 6.45) is -4.97. The number of nitrogens with zero attached hydrogens (tertiary/aromatic N) is 3. The summed E-state index contributed by atoms with van der Waals surface area (Å²) in [6, 6.07) is 9.99. The number of carboxylic acid groups (broad SMARTS) is 1. The minimum absolute atomic E-state index is 0.00993. The summed E-state index contributed by atoms with van der Waals surface area (Å²) in [5, 5.41) is 12.0. The molecule has 0 fully saturated rings. The first-order valence-electron chi connectivity index (χ1n) is 5.94. The van der Waals surface area contributed by atoms with Gasteiger partial charge in [0.15, 0.2) is 0 Å². The maximum Gasteiger partial charge on any atom is 0.417 e. The van der Waals surface area contributed by atoms with Crippen LogP contribution in [0.25, 0.3) is 21.6 Å². The highest BCUT2D eigenvalue weighted by Gasteiger charge is 2.39. The van der Waals surface area contributed by atoms with Gasteiger partial charge in [-0.3, -0.25) is 0 Å². The van der Waals surface area contributed by atoms with Crippen molar-refractivity contribution in [2.24, 2.45) is 5.11 Å². The normalized spacial score (nSPS) is 10.9. The number of halogens is 3. The fourth-order valence-corrected chi connectivity index (χ4v) is 2.06. The Morgan fingerprint density at radius 2 is 1.77 bits per heavy atom. The highest BCUT2D eigenvalue weighted by atomic mass is 19.4. The van der Waals surface area contributed by atoms with E-state index in [-0.39, 0.29) is 5.56 Å². The highest BCUT2D eigenvalue weighted by molar-refractivity contribution is 5.94. The Morgan fingerprint density at radius 1 is 1.14 bits per heavy atom. The van der Waals surface area contributed by atoms with Crippen LogP contribution in [0.1, 0.15) is 15.9 Å². The van der Waals surface area contributed by atoms with Gasteiger partial charge in [0.2, 0.25) is 0 Å². The van der Waals surface area contributed by atoms with Crippen LogP contribution >= 0.6 is 0 Å². The summed E-state index contributed by atoms with van der Waals surface area (Å²) < 4.78 is 39.7. The van der Waals surface area contributed by atoms with Crippen LogP contribution in [0, 0.1) is 0 Å². The van der Waals surface area contributed by atoms with Crippen molar-refractivity contribution in [2.75, 3.05) is 0 Å². The first-order valence-corrected chi connectivity index (χ1v) is 5.94. The lowest BCUT2D eigenvalue weighted by atomic mass is 9.96. The molecular weight excluding hydrogens is 299 g/mol. The molecule has 0 aliphatic carbocycles. The van der Waals surface area contributed by atoms with Crippen molar-refractivity contribution in [3.8, 4) is 11.1 Å². The average molecular weight is 307 g/mol. The van der Waals surface area contributed by atoms with Gasteiger partial charge in [0, 0.05) is 4.91 Å². The van der Waals surface area contributed by atoms with E-state index in [2.05, 4.69) is 10.0 Å². The first kappa shape index (κ1) is 15.4. The van der Waals surface area contributed by atoms with E-state index in [9.17, 15) is 18.0 Å². The van der Waals surface area contributed by atoms with Crippen LogP contribution in [-0.2, 0) is 6.18 Å². The van der Waals surface area contributed by atoms with Gasteiger partial charge in [-0.05, 0) is 22.7 Å². The molecule has 2 rings (SSSR count). The van der Waals surface area contributed by atoms with Crippen LogP contribution in [0.5, 0.6) is 0 Å². The third-order valence-corrected chi connectivity index (χ3v) is 2.92. The molecule has 2 aromatic carbocycles. The molecule has 1 N–H and O–H groups in total. The quantitative estimate of drug-likeness (QED) is 0.490. The predicted molar refractivity (Wildman–Crippen MR) is 72.6 cm³/mol. The lowest BCUT2D eigenvalue weighted by Gasteiger charge is -2.16. The molecular formula is C14H8F3N3O2. The van der Waals surface area contributed by atoms with Crippen LogP contribution in [-0.4, -0.2) is 11.1 Å². The fraction of sp³-hybridized carbons (Fsp3) is 0.0714. The Hall–Kier alpha value is -2.99. The van der Waals surface area contributed by atoms with Crippen LogP contribution in [0.15, 0.2) is 47.6 Å². The first-order chi connectivity index (χ1) is 10.4. The van der Waals surface area contributed by atoms with Crippen molar-refractivity contribution >= 4 is 11.7 Å². The van der Waals surface area contributed by atoms with Crippen LogP contribution in [0.4, 0.5) is 18.9 Å². The summed E-state index contributed by atoms with van der Waals surface area (Å²) in [5.74, 6) is -1.75. The lowest BCUT2D eigenvalue weighted by Crippen LogP contribution is -2.13. The monoisotopic (exact) mass is 307 g/mol. The van der Waals surface area contributed by atoms with Gasteiger partial charge in [0.25, 0.3) is 0 Å². The average Bonchev–Trinajstić information content (AvgIpc) is 2.46. The molecule has 0 unspecified atom stereocenters. The molecule has 2 aromatic rings. The third-order valence-electron chi connectivity index (χ3n) is 2.92. The Balaban J connectivity index is 2.89. The standard InChI is InChI=1S/C14H8F3N3O2/c15-14(16,17)11-10(13(21)22)7-6-9(12(11)19-20-18)8-4-2-1-3-5-8/h1-7H,(H,21,22). The molecule has 0 aliphatic rings. The number of alkyl halides is 3. The molecule has 0 heterocycles. The maximum atomic E-state index is 13.2. The third kappa shape index (κ3) is 2.87. The molecule has 0 saturated carbocycles. The van der Waals surface area contributed by atoms with E-state index in [4.69, 9.17) is 10.6 Å². The van der Waals surface area contributed by atoms with E-state index in [0.717, 1.165) is 6.07 Å². The summed E-state index contributed by atoms with van der Waals surface area (Å²) in [4.78, 5) is 13.4. The topological polar surface area (TPSA) is 86.1 Å². The molecule has 0 amide bonds. The molecule has 22 heavy (non-hydrogen) atoms. The van der Waals surface area contributed by atoms with Crippen molar-refractivity contribution < 1.29 is 23.1 Å². The predicted octanol–water partition coefficient (Wildman–Crippen LogP) is 5.01. The van der Waals surface area contributed by atoms with Crippen molar-refractivity contribution in [3.05, 3.63) is 64.0 Å². The SMILES string of the molecule is [N-]=[N+]=Nc1c(-c2ccccc2)ccc(C(=O)O)c1C(F)(F)F. The van der Waals surface area contributed by atoms with Gasteiger partial charge in [-0.1, -0.05) is 41.5 Å². The van der Waals surface area contributed by atoms with Gasteiger partial charge in [0.05, 0.1) is 16.8 Å². The highest BCUT2D eigenvalue weighted by Crippen LogP contribution is 2.44. The zero-order valence-electron chi connectivity index (χ0n) is 10.9. The number of carboxylic acids is 1. The largest absolute Gasteiger partial charge is 0.478 e. The van der Waals surface area contributed by atoms with E-state index < -0.39 is 29.0 Å². The van der Waals surface area contributed by atoms with Gasteiger partial charge in [-0.15, -0.1) is 0 Å². The molecule has 0 bridgehead atoms. The second-order valence-corrected chi connectivity index (χ2v) is 4.24. The molecule has 0 aromatic heterocycles. The number of carbonyl (C=O) groups is 1. The van der Waals surface area contributed by atoms with E-state index in [1.807, 2.05) is 0 Å². The molecule has 5 nitrogen and oxygen atoms in total. The van der Waals surface area contributed by atoms with E-state index >= 15 is 0 Å². The molecule has 0 spiro atoms. The van der Waals surface area contributed by atoms with E-state index in [1.54, 1.807) is 18.2 Å². The van der Waals surface area contributed by atoms with E-state index in [0.29, 0.717) is 5.56 Å². The summed E-state index contributed by atoms with van der Waals surface area (Å²) >= 11 is 0. The second kappa shape index (κ2) is 5.79. The Kier molecular flexibility index (Phi) is 4.05. The number of azide groups is 1. The summed E-state index contributed by atoms with van der Waals surface area (Å²) in [6.45, 7) is 0. The Bertz CT molecular complexity index is 767. The molecule has 0 saturated heterocycles. The summed E-state index contributed by atoms with van der Waals surface area (Å²) in [7, 11) is 0. The molecule has 0 radical (unpaired) electrons. The van der Waals surface area contributed by atoms with Crippen LogP contribution < -0.4 is 0 Å². The van der Waals surface area contributed by atoms with Gasteiger partial charge >= 0.3 is 12.1 Å². The fourth-order valence-electron chi connectivity index (χ4n) is 2.06. The van der Waals surface area contributed by atoms with Crippen molar-refractivity contribution in [1.29, 1.82) is 0 Å². The number of hydrogen-bond donors (Lipinski definition) is 1. The molecule has 0 atom stereocenters. The number of aromatic carboxylic acids is 1. The molecule has 8 heteroatoms. The molecule has 112 valence electrons. The number of rotatable bonds is 3. The van der Waals surface area contributed by atoms with Crippen molar-refractivity contribution in [1.82, 2.24) is 0 Å². The lowest BCUT2D eigenvalue weighted by molar-refractivity contribution is -0.137. The second-order valence-electron chi connectivity index (χ2n) is 4.24. The van der Waals surface area contributed by atoms with Crippen molar-refractivity contribution in [3.63, 3.8) is 0 Å². The van der Waals surface area contributed by atoms with Gasteiger partial charge < -0.3 is 5.11 Å². The minimum atomic E-state index is -4.97. The van der Waals surface area contributed by atoms with Crippen molar-refractivity contribution in [2.45, 2.75) is 6.18 Å². The van der Waals surface area contributed by atoms with E-state index in [1.165, 1.54) is 18.2 Å². The van der Waals surface area contributed by atoms with Crippen LogP contribution in [0.3, 0.4) is 0 Å². The van der Waals surface area contributed by atoms with Gasteiger partial charge in [-0.25, -0.2) is 4.79 Å². The summed E-state index contributed by atoms with van der Waals surface area (Å²) in [5.41, 5.74) is 5.77. The van der Waals surface area contributed by atoms with Crippen LogP contribution in [0.2, 0.25) is 0 Å². The zero-order valence-corrected chi connectivity index (χ0v) is 10.9. The molecule has 0 aliphatic heterocycles. The minimum Gasteiger partial charge on any atom is -0.478 e. The zero-order chi connectivity index (χ0) is 16.3. The number of hydrogen-bond acceptors (Lipinski definition) is 2. The smallest absolute Gasteiger partial charge is 0.417 e. The number of benzene rings is 2. The Labute approximate surface area is 122 Å².